The number of hydrogen-bond acceptors (Lipinski definition) is 4. The smallest absolute Gasteiger partial charge is 0.178 e. The third kappa shape index (κ3) is 4.99. The van der Waals surface area contributed by atoms with Crippen LogP contribution in [0.15, 0.2) is 53.7 Å². The normalized spacial score (nSPS) is 13.2. The molecule has 0 saturated heterocycles. The van der Waals surface area contributed by atoms with Crippen molar-refractivity contribution in [2.75, 3.05) is 12.3 Å². The lowest BCUT2D eigenvalue weighted by molar-refractivity contribution is 0.451. The third-order valence-corrected chi connectivity index (χ3v) is 5.02. The fourth-order valence-corrected chi connectivity index (χ4v) is 3.44. The summed E-state index contributed by atoms with van der Waals surface area (Å²) in [7, 11) is -3.17. The van der Waals surface area contributed by atoms with E-state index in [4.69, 9.17) is 0 Å². The molecule has 0 amide bonds. The predicted octanol–water partition coefficient (Wildman–Crippen LogP) is 1.73. The van der Waals surface area contributed by atoms with Crippen LogP contribution < -0.4 is 5.32 Å². The van der Waals surface area contributed by atoms with Gasteiger partial charge in [0.25, 0.3) is 0 Å². The molecule has 2 rings (SSSR count). The molecule has 0 unspecified atom stereocenters. The van der Waals surface area contributed by atoms with Crippen molar-refractivity contribution in [3.8, 4) is 0 Å². The molecular weight excluding hydrogens is 286 g/mol. The molecule has 0 aliphatic heterocycles. The van der Waals surface area contributed by atoms with Gasteiger partial charge in [-0.25, -0.2) is 8.42 Å². The molecule has 6 heteroatoms. The van der Waals surface area contributed by atoms with Gasteiger partial charge in [-0.1, -0.05) is 18.2 Å². The van der Waals surface area contributed by atoms with Crippen molar-refractivity contribution in [2.24, 2.45) is 0 Å². The van der Waals surface area contributed by atoms with Crippen molar-refractivity contribution < 1.29 is 8.42 Å². The molecule has 0 radical (unpaired) electrons. The summed E-state index contributed by atoms with van der Waals surface area (Å²) in [5.41, 5.74) is 0. The summed E-state index contributed by atoms with van der Waals surface area (Å²) in [5.74, 6) is 0.165. The highest BCUT2D eigenvalue weighted by atomic mass is 32.2. The molecule has 0 fully saturated rings. The minimum Gasteiger partial charge on any atom is -0.312 e. The van der Waals surface area contributed by atoms with Gasteiger partial charge >= 0.3 is 0 Å². The van der Waals surface area contributed by atoms with Crippen LogP contribution in [0.25, 0.3) is 0 Å². The van der Waals surface area contributed by atoms with E-state index in [1.54, 1.807) is 30.5 Å². The molecule has 0 bridgehead atoms. The van der Waals surface area contributed by atoms with Gasteiger partial charge in [0.1, 0.15) is 0 Å². The number of nitrogens with one attached hydrogen (secondary N) is 1. The highest BCUT2D eigenvalue weighted by molar-refractivity contribution is 7.91. The van der Waals surface area contributed by atoms with Gasteiger partial charge in [-0.05, 0) is 38.1 Å². The fraction of sp³-hybridized carbons (Fsp3) is 0.400. The van der Waals surface area contributed by atoms with Crippen molar-refractivity contribution in [1.29, 1.82) is 0 Å². The number of hydrogen-bond donors (Lipinski definition) is 1. The highest BCUT2D eigenvalue weighted by Gasteiger charge is 2.13. The Hall–Kier alpha value is -1.66. The summed E-state index contributed by atoms with van der Waals surface area (Å²) in [5, 5.41) is 7.46. The SMILES string of the molecule is C[C@H](Cn1cccn1)NCCCS(=O)(=O)c1ccccc1. The topological polar surface area (TPSA) is 64.0 Å². The molecule has 5 nitrogen and oxygen atoms in total. The average Bonchev–Trinajstić information content (AvgIpc) is 2.97. The summed E-state index contributed by atoms with van der Waals surface area (Å²) in [4.78, 5) is 0.398. The molecule has 114 valence electrons. The van der Waals surface area contributed by atoms with E-state index in [1.807, 2.05) is 23.0 Å². The molecule has 1 N–H and O–H groups in total. The molecule has 0 aliphatic rings. The van der Waals surface area contributed by atoms with Crippen LogP contribution in [0, 0.1) is 0 Å². The maximum Gasteiger partial charge on any atom is 0.178 e. The van der Waals surface area contributed by atoms with Gasteiger partial charge in [0, 0.05) is 18.4 Å². The summed E-state index contributed by atoms with van der Waals surface area (Å²) in [6.07, 6.45) is 4.26. The Balaban J connectivity index is 1.72. The summed E-state index contributed by atoms with van der Waals surface area (Å²) in [6.45, 7) is 3.51. The van der Waals surface area contributed by atoms with Crippen LogP contribution in [-0.2, 0) is 16.4 Å². The zero-order valence-corrected chi connectivity index (χ0v) is 13.0. The van der Waals surface area contributed by atoms with Crippen LogP contribution in [0.4, 0.5) is 0 Å². The lowest BCUT2D eigenvalue weighted by Gasteiger charge is -2.13. The Morgan fingerprint density at radius 2 is 2.00 bits per heavy atom. The number of sulfone groups is 1. The van der Waals surface area contributed by atoms with Crippen LogP contribution in [0.1, 0.15) is 13.3 Å². The first-order chi connectivity index (χ1) is 10.1. The molecular formula is C15H21N3O2S. The van der Waals surface area contributed by atoms with Gasteiger partial charge in [0.15, 0.2) is 9.84 Å². The molecule has 0 saturated carbocycles. The van der Waals surface area contributed by atoms with Gasteiger partial charge in [-0.3, -0.25) is 4.68 Å². The molecule has 21 heavy (non-hydrogen) atoms. The van der Waals surface area contributed by atoms with Crippen molar-refractivity contribution in [2.45, 2.75) is 30.8 Å². The molecule has 1 heterocycles. The lowest BCUT2D eigenvalue weighted by Crippen LogP contribution is -2.32. The third-order valence-electron chi connectivity index (χ3n) is 3.21. The van der Waals surface area contributed by atoms with E-state index in [0.717, 1.165) is 6.54 Å². The first-order valence-corrected chi connectivity index (χ1v) is 8.72. The van der Waals surface area contributed by atoms with E-state index < -0.39 is 9.84 Å². The second-order valence-corrected chi connectivity index (χ2v) is 7.18. The quantitative estimate of drug-likeness (QED) is 0.754. The molecule has 1 aromatic carbocycles. The van der Waals surface area contributed by atoms with Crippen LogP contribution in [0.2, 0.25) is 0 Å². The van der Waals surface area contributed by atoms with Crippen molar-refractivity contribution in [3.05, 3.63) is 48.8 Å². The van der Waals surface area contributed by atoms with E-state index >= 15 is 0 Å². The molecule has 0 aliphatic carbocycles. The first kappa shape index (κ1) is 15.7. The standard InChI is InChI=1S/C15H21N3O2S/c1-14(13-18-11-5-10-17-18)16-9-6-12-21(19,20)15-7-3-2-4-8-15/h2-5,7-8,10-11,14,16H,6,9,12-13H2,1H3/t14-/m1/s1. The van der Waals surface area contributed by atoms with Gasteiger partial charge in [0.2, 0.25) is 0 Å². The Bertz CT molecular complexity index is 624. The predicted molar refractivity (Wildman–Crippen MR) is 82.8 cm³/mol. The van der Waals surface area contributed by atoms with E-state index in [9.17, 15) is 8.42 Å². The monoisotopic (exact) mass is 307 g/mol. The van der Waals surface area contributed by atoms with Gasteiger partial charge < -0.3 is 5.32 Å². The lowest BCUT2D eigenvalue weighted by atomic mass is 10.3. The van der Waals surface area contributed by atoms with Crippen LogP contribution in [0.5, 0.6) is 0 Å². The second kappa shape index (κ2) is 7.38. The molecule has 1 atom stereocenters. The van der Waals surface area contributed by atoms with Crippen LogP contribution >= 0.6 is 0 Å². The second-order valence-electron chi connectivity index (χ2n) is 5.07. The minimum atomic E-state index is -3.17. The fourth-order valence-electron chi connectivity index (χ4n) is 2.11. The Kier molecular flexibility index (Phi) is 5.52. The molecule has 2 aromatic rings. The van der Waals surface area contributed by atoms with Crippen molar-refractivity contribution >= 4 is 9.84 Å². The largest absolute Gasteiger partial charge is 0.312 e. The number of rotatable bonds is 8. The number of aromatic nitrogens is 2. The first-order valence-electron chi connectivity index (χ1n) is 7.06. The summed E-state index contributed by atoms with van der Waals surface area (Å²) >= 11 is 0. The zero-order valence-electron chi connectivity index (χ0n) is 12.1. The Labute approximate surface area is 125 Å². The van der Waals surface area contributed by atoms with E-state index in [0.29, 0.717) is 17.9 Å². The molecule has 0 spiro atoms. The molecule has 1 aromatic heterocycles. The summed E-state index contributed by atoms with van der Waals surface area (Å²) < 4.78 is 26.0. The van der Waals surface area contributed by atoms with Gasteiger partial charge in [-0.15, -0.1) is 0 Å². The van der Waals surface area contributed by atoms with Gasteiger partial charge in [0.05, 0.1) is 17.2 Å². The minimum absolute atomic E-state index is 0.165. The number of benzene rings is 1. The zero-order chi connectivity index (χ0) is 15.1. The number of nitrogens with zero attached hydrogens (tertiary/aromatic N) is 2. The van der Waals surface area contributed by atoms with Crippen molar-refractivity contribution in [3.63, 3.8) is 0 Å². The van der Waals surface area contributed by atoms with E-state index in [1.165, 1.54) is 0 Å². The maximum absolute atomic E-state index is 12.1. The van der Waals surface area contributed by atoms with E-state index in [2.05, 4.69) is 17.3 Å². The summed E-state index contributed by atoms with van der Waals surface area (Å²) in [6, 6.07) is 10.7. The Morgan fingerprint density at radius 1 is 1.24 bits per heavy atom. The maximum atomic E-state index is 12.1. The van der Waals surface area contributed by atoms with Crippen LogP contribution in [0.3, 0.4) is 0 Å². The van der Waals surface area contributed by atoms with Crippen molar-refractivity contribution in [1.82, 2.24) is 15.1 Å². The van der Waals surface area contributed by atoms with Gasteiger partial charge in [-0.2, -0.15) is 5.10 Å². The van der Waals surface area contributed by atoms with Crippen LogP contribution in [-0.4, -0.2) is 36.5 Å². The highest BCUT2D eigenvalue weighted by Crippen LogP contribution is 2.10. The van der Waals surface area contributed by atoms with E-state index in [-0.39, 0.29) is 11.8 Å². The Morgan fingerprint density at radius 3 is 2.67 bits per heavy atom. The average molecular weight is 307 g/mol.